The average molecular weight is 472 g/mol. The second kappa shape index (κ2) is 10.1. The van der Waals surface area contributed by atoms with E-state index in [0.29, 0.717) is 18.9 Å². The first kappa shape index (κ1) is 24.2. The molecule has 0 radical (unpaired) electrons. The van der Waals surface area contributed by atoms with E-state index in [1.54, 1.807) is 12.1 Å². The van der Waals surface area contributed by atoms with Crippen LogP contribution in [0.5, 0.6) is 0 Å². The van der Waals surface area contributed by atoms with E-state index in [9.17, 15) is 24.3 Å². The molecule has 1 aliphatic heterocycles. The molecule has 3 aliphatic rings. The number of hydrogen-bond acceptors (Lipinski definition) is 5. The summed E-state index contributed by atoms with van der Waals surface area (Å²) in [4.78, 5) is 50.9. The molecule has 4 atom stereocenters. The summed E-state index contributed by atoms with van der Waals surface area (Å²) >= 11 is 0. The molecule has 4 rings (SSSR count). The van der Waals surface area contributed by atoms with Gasteiger partial charge in [0, 0.05) is 25.2 Å². The highest BCUT2D eigenvalue weighted by molar-refractivity contribution is 6.39. The first-order valence-electron chi connectivity index (χ1n) is 12.2. The van der Waals surface area contributed by atoms with Crippen molar-refractivity contribution in [2.45, 2.75) is 64.0 Å². The van der Waals surface area contributed by atoms with Gasteiger partial charge in [0.1, 0.15) is 0 Å². The largest absolute Gasteiger partial charge is 0.474 e. The number of aliphatic carboxylic acids is 2. The molecule has 9 nitrogen and oxygen atoms in total. The highest BCUT2D eigenvalue weighted by atomic mass is 16.4. The van der Waals surface area contributed by atoms with Crippen molar-refractivity contribution in [2.24, 2.45) is 17.8 Å². The number of hydrogen-bond donors (Lipinski definition) is 3. The van der Waals surface area contributed by atoms with Crippen LogP contribution in [-0.2, 0) is 19.2 Å². The molecule has 1 saturated heterocycles. The van der Waals surface area contributed by atoms with Gasteiger partial charge in [0.05, 0.1) is 11.4 Å². The Morgan fingerprint density at radius 3 is 2.32 bits per heavy atom. The van der Waals surface area contributed by atoms with Gasteiger partial charge in [0.25, 0.3) is 0 Å². The molecule has 1 aromatic rings. The SMILES string of the molecule is C[C@H]1C[C@H]2C[C@H](N3CCC(N(C(=O)C(=O)O)c4ccccc4NC(=O)C(=O)O)CC3)CCCC21. The van der Waals surface area contributed by atoms with Gasteiger partial charge in [0.15, 0.2) is 0 Å². The number of para-hydroxylation sites is 2. The maximum absolute atomic E-state index is 12.7. The number of amides is 2. The molecule has 184 valence electrons. The van der Waals surface area contributed by atoms with Gasteiger partial charge in [-0.25, -0.2) is 9.59 Å². The predicted molar refractivity (Wildman–Crippen MR) is 125 cm³/mol. The Balaban J connectivity index is 1.49. The van der Waals surface area contributed by atoms with Crippen LogP contribution in [0.2, 0.25) is 0 Å². The van der Waals surface area contributed by atoms with Gasteiger partial charge in [-0.1, -0.05) is 25.5 Å². The number of piperidine rings is 1. The summed E-state index contributed by atoms with van der Waals surface area (Å²) in [5.41, 5.74) is 0.296. The third kappa shape index (κ3) is 4.94. The van der Waals surface area contributed by atoms with Crippen LogP contribution >= 0.6 is 0 Å². The first-order valence-corrected chi connectivity index (χ1v) is 12.2. The Labute approximate surface area is 199 Å². The minimum atomic E-state index is -1.66. The second-order valence-electron chi connectivity index (χ2n) is 9.98. The fourth-order valence-corrected chi connectivity index (χ4v) is 6.32. The summed E-state index contributed by atoms with van der Waals surface area (Å²) in [6.45, 7) is 3.91. The lowest BCUT2D eigenvalue weighted by Crippen LogP contribution is -2.52. The Morgan fingerprint density at radius 2 is 1.68 bits per heavy atom. The quantitative estimate of drug-likeness (QED) is 0.576. The Kier molecular flexibility index (Phi) is 7.21. The molecular formula is C25H33N3O6. The van der Waals surface area contributed by atoms with Crippen LogP contribution in [0.3, 0.4) is 0 Å². The summed E-state index contributed by atoms with van der Waals surface area (Å²) in [6, 6.07) is 6.40. The highest BCUT2D eigenvalue weighted by Crippen LogP contribution is 2.48. The number of benzene rings is 1. The summed E-state index contributed by atoms with van der Waals surface area (Å²) in [6.07, 6.45) is 7.52. The number of carbonyl (C=O) groups excluding carboxylic acids is 2. The summed E-state index contributed by atoms with van der Waals surface area (Å²) < 4.78 is 0. The number of fused-ring (bicyclic) bond motifs is 1. The average Bonchev–Trinajstić information content (AvgIpc) is 2.99. The van der Waals surface area contributed by atoms with E-state index in [0.717, 1.165) is 30.8 Å². The molecule has 0 spiro atoms. The van der Waals surface area contributed by atoms with Crippen molar-refractivity contribution in [3.8, 4) is 0 Å². The van der Waals surface area contributed by atoms with Gasteiger partial charge in [-0.2, -0.15) is 0 Å². The van der Waals surface area contributed by atoms with Crippen molar-refractivity contribution < 1.29 is 29.4 Å². The van der Waals surface area contributed by atoms with Crippen LogP contribution in [0, 0.1) is 17.8 Å². The maximum Gasteiger partial charge on any atom is 0.394 e. The molecule has 3 N–H and O–H groups in total. The standard InChI is InChI=1S/C25H33N3O6/c1-15-13-16-14-18(5-4-6-19(15)16)27-11-9-17(10-12-27)28(23(30)25(33)34)21-8-3-2-7-20(21)26-22(29)24(31)32/h2-3,7-8,15-19H,4-6,9-14H2,1H3,(H,26,29)(H,31,32)(H,33,34)/t15-,16-,18+,19?/m0/s1. The van der Waals surface area contributed by atoms with E-state index in [4.69, 9.17) is 5.11 Å². The van der Waals surface area contributed by atoms with Crippen molar-refractivity contribution in [2.75, 3.05) is 23.3 Å². The van der Waals surface area contributed by atoms with E-state index in [1.807, 2.05) is 0 Å². The molecule has 9 heteroatoms. The molecule has 1 heterocycles. The van der Waals surface area contributed by atoms with Gasteiger partial charge in [-0.15, -0.1) is 0 Å². The summed E-state index contributed by atoms with van der Waals surface area (Å²) in [7, 11) is 0. The fourth-order valence-electron chi connectivity index (χ4n) is 6.32. The number of rotatable bonds is 4. The van der Waals surface area contributed by atoms with E-state index >= 15 is 0 Å². The topological polar surface area (TPSA) is 127 Å². The molecule has 3 fully saturated rings. The Hall–Kier alpha value is -2.94. The number of carbonyl (C=O) groups is 4. The molecule has 0 aromatic heterocycles. The summed E-state index contributed by atoms with van der Waals surface area (Å²) in [5, 5.41) is 20.7. The lowest BCUT2D eigenvalue weighted by molar-refractivity contribution is -0.149. The zero-order chi connectivity index (χ0) is 24.4. The fraction of sp³-hybridized carbons (Fsp3) is 0.600. The molecular weight excluding hydrogens is 438 g/mol. The maximum atomic E-state index is 12.7. The minimum absolute atomic E-state index is 0.0980. The van der Waals surface area contributed by atoms with Gasteiger partial charge in [0.2, 0.25) is 0 Å². The number of nitrogens with zero attached hydrogens (tertiary/aromatic N) is 2. The monoisotopic (exact) mass is 471 g/mol. The van der Waals surface area contributed by atoms with E-state index in [-0.39, 0.29) is 17.4 Å². The van der Waals surface area contributed by atoms with Crippen molar-refractivity contribution in [1.82, 2.24) is 4.90 Å². The molecule has 2 amide bonds. The van der Waals surface area contributed by atoms with Gasteiger partial charge < -0.3 is 20.4 Å². The molecule has 2 aliphatic carbocycles. The zero-order valence-electron chi connectivity index (χ0n) is 19.5. The van der Waals surface area contributed by atoms with Crippen LogP contribution in [-0.4, -0.2) is 64.0 Å². The van der Waals surface area contributed by atoms with Crippen molar-refractivity contribution in [3.63, 3.8) is 0 Å². The van der Waals surface area contributed by atoms with Crippen molar-refractivity contribution in [1.29, 1.82) is 0 Å². The predicted octanol–water partition coefficient (Wildman–Crippen LogP) is 2.81. The number of anilines is 2. The van der Waals surface area contributed by atoms with Crippen LogP contribution in [0.15, 0.2) is 24.3 Å². The van der Waals surface area contributed by atoms with Gasteiger partial charge >= 0.3 is 23.8 Å². The van der Waals surface area contributed by atoms with Crippen LogP contribution in [0.25, 0.3) is 0 Å². The van der Waals surface area contributed by atoms with Gasteiger partial charge in [-0.05, 0) is 68.4 Å². The smallest absolute Gasteiger partial charge is 0.394 e. The van der Waals surface area contributed by atoms with Crippen molar-refractivity contribution >= 4 is 35.1 Å². The minimum Gasteiger partial charge on any atom is -0.474 e. The molecule has 2 saturated carbocycles. The Bertz CT molecular complexity index is 958. The third-order valence-corrected chi connectivity index (χ3v) is 8.05. The lowest BCUT2D eigenvalue weighted by Gasteiger charge is -2.45. The van der Waals surface area contributed by atoms with E-state index < -0.39 is 23.8 Å². The first-order chi connectivity index (χ1) is 16.3. The highest BCUT2D eigenvalue weighted by Gasteiger charge is 2.42. The van der Waals surface area contributed by atoms with Crippen molar-refractivity contribution in [3.05, 3.63) is 24.3 Å². The van der Waals surface area contributed by atoms with Crippen LogP contribution in [0.4, 0.5) is 11.4 Å². The molecule has 0 bridgehead atoms. The molecule has 1 aromatic carbocycles. The normalized spacial score (nSPS) is 27.6. The van der Waals surface area contributed by atoms with E-state index in [2.05, 4.69) is 17.1 Å². The number of carboxylic acids is 2. The second-order valence-corrected chi connectivity index (χ2v) is 9.98. The third-order valence-electron chi connectivity index (χ3n) is 8.05. The lowest BCUT2D eigenvalue weighted by atomic mass is 9.63. The van der Waals surface area contributed by atoms with Gasteiger partial charge in [-0.3, -0.25) is 14.5 Å². The number of likely N-dealkylation sites (tertiary alicyclic amines) is 1. The van der Waals surface area contributed by atoms with E-state index in [1.165, 1.54) is 49.1 Å². The number of nitrogens with one attached hydrogen (secondary N) is 1. The summed E-state index contributed by atoms with van der Waals surface area (Å²) in [5.74, 6) is -3.06. The number of carboxylic acid groups (broad SMARTS) is 2. The van der Waals surface area contributed by atoms with Crippen LogP contribution < -0.4 is 10.2 Å². The zero-order valence-corrected chi connectivity index (χ0v) is 19.5. The van der Waals surface area contributed by atoms with Crippen LogP contribution in [0.1, 0.15) is 51.9 Å². The molecule has 1 unspecified atom stereocenters. The Morgan fingerprint density at radius 1 is 0.971 bits per heavy atom. The molecule has 34 heavy (non-hydrogen) atoms.